The Balaban J connectivity index is 3.01. The quantitative estimate of drug-likeness (QED) is 0.496. The maximum atomic E-state index is 11.0. The van der Waals surface area contributed by atoms with Gasteiger partial charge in [0.2, 0.25) is 0 Å². The number of benzene rings is 1. The van der Waals surface area contributed by atoms with Crippen LogP contribution in [-0.4, -0.2) is 11.0 Å². The van der Waals surface area contributed by atoms with Gasteiger partial charge in [0.25, 0.3) is 5.69 Å². The number of halogens is 1. The number of rotatable bonds is 5. The highest BCUT2D eigenvalue weighted by molar-refractivity contribution is 14.1. The predicted octanol–water partition coefficient (Wildman–Crippen LogP) is 4.05. The lowest BCUT2D eigenvalue weighted by Gasteiger charge is -2.21. The lowest BCUT2D eigenvalue weighted by atomic mass is 10.0. The van der Waals surface area contributed by atoms with Crippen molar-refractivity contribution < 1.29 is 4.92 Å². The molecule has 0 aromatic heterocycles. The average molecular weight is 348 g/mol. The number of hydrogen-bond acceptors (Lipinski definition) is 3. The number of nitrogens with zero attached hydrogens (tertiary/aromatic N) is 1. The van der Waals surface area contributed by atoms with Crippen LogP contribution in [0, 0.1) is 19.6 Å². The fourth-order valence-corrected chi connectivity index (χ4v) is 2.19. The van der Waals surface area contributed by atoms with Crippen molar-refractivity contribution in [1.82, 2.24) is 0 Å². The molecule has 1 N–H and O–H groups in total. The van der Waals surface area contributed by atoms with Crippen molar-refractivity contribution in [1.29, 1.82) is 0 Å². The van der Waals surface area contributed by atoms with Gasteiger partial charge in [0.05, 0.1) is 4.92 Å². The Morgan fingerprint density at radius 2 is 2.12 bits per heavy atom. The molecule has 0 aliphatic heterocycles. The maximum Gasteiger partial charge on any atom is 0.293 e. The molecule has 5 heteroatoms. The zero-order chi connectivity index (χ0) is 13.0. The van der Waals surface area contributed by atoms with Gasteiger partial charge in [0.15, 0.2) is 0 Å². The first-order chi connectivity index (χ1) is 7.95. The molecule has 1 aromatic carbocycles. The number of nitro groups is 1. The summed E-state index contributed by atoms with van der Waals surface area (Å²) in [7, 11) is 0. The highest BCUT2D eigenvalue weighted by Gasteiger charge is 2.18. The van der Waals surface area contributed by atoms with Crippen molar-refractivity contribution in [2.75, 3.05) is 5.32 Å². The summed E-state index contributed by atoms with van der Waals surface area (Å²) in [6.45, 7) is 6.30. The van der Waals surface area contributed by atoms with E-state index in [4.69, 9.17) is 0 Å². The highest BCUT2D eigenvalue weighted by Crippen LogP contribution is 2.28. The first kappa shape index (κ1) is 14.2. The topological polar surface area (TPSA) is 55.2 Å². The third-order valence-corrected chi connectivity index (χ3v) is 3.41. The second-order valence-electron chi connectivity index (χ2n) is 4.32. The number of anilines is 1. The second kappa shape index (κ2) is 6.18. The van der Waals surface area contributed by atoms with E-state index in [9.17, 15) is 10.1 Å². The van der Waals surface area contributed by atoms with Crippen LogP contribution in [0.15, 0.2) is 18.2 Å². The molecule has 1 atom stereocenters. The van der Waals surface area contributed by atoms with Gasteiger partial charge in [-0.1, -0.05) is 20.8 Å². The van der Waals surface area contributed by atoms with E-state index in [2.05, 4.69) is 48.7 Å². The second-order valence-corrected chi connectivity index (χ2v) is 5.57. The zero-order valence-electron chi connectivity index (χ0n) is 10.2. The van der Waals surface area contributed by atoms with Crippen molar-refractivity contribution >= 4 is 34.0 Å². The number of nitro benzene ring substituents is 1. The molecule has 0 aliphatic carbocycles. The van der Waals surface area contributed by atoms with E-state index in [-0.39, 0.29) is 16.7 Å². The van der Waals surface area contributed by atoms with Crippen molar-refractivity contribution in [2.24, 2.45) is 5.92 Å². The van der Waals surface area contributed by atoms with Gasteiger partial charge in [-0.3, -0.25) is 10.1 Å². The largest absolute Gasteiger partial charge is 0.377 e. The van der Waals surface area contributed by atoms with E-state index in [1.165, 1.54) is 0 Å². The Labute approximate surface area is 115 Å². The Morgan fingerprint density at radius 3 is 2.59 bits per heavy atom. The molecule has 1 unspecified atom stereocenters. The van der Waals surface area contributed by atoms with E-state index in [0.717, 1.165) is 9.99 Å². The molecule has 1 aromatic rings. The van der Waals surface area contributed by atoms with Gasteiger partial charge in [0.1, 0.15) is 5.69 Å². The van der Waals surface area contributed by atoms with Gasteiger partial charge >= 0.3 is 0 Å². The lowest BCUT2D eigenvalue weighted by molar-refractivity contribution is -0.384. The summed E-state index contributed by atoms with van der Waals surface area (Å²) < 4.78 is 0.873. The first-order valence-electron chi connectivity index (χ1n) is 5.66. The molecule has 4 nitrogen and oxygen atoms in total. The van der Waals surface area contributed by atoms with Crippen LogP contribution in [0.3, 0.4) is 0 Å². The summed E-state index contributed by atoms with van der Waals surface area (Å²) >= 11 is 2.08. The smallest absolute Gasteiger partial charge is 0.293 e. The molecule has 0 fully saturated rings. The molecule has 0 amide bonds. The zero-order valence-corrected chi connectivity index (χ0v) is 12.4. The van der Waals surface area contributed by atoms with Crippen molar-refractivity contribution in [2.45, 2.75) is 33.2 Å². The summed E-state index contributed by atoms with van der Waals surface area (Å²) in [6.07, 6.45) is 0.945. The SMILES string of the molecule is CCC(Nc1ccc(I)cc1[N+](=O)[O-])C(C)C. The van der Waals surface area contributed by atoms with Crippen molar-refractivity contribution in [3.63, 3.8) is 0 Å². The van der Waals surface area contributed by atoms with Gasteiger partial charge in [0, 0.05) is 15.7 Å². The summed E-state index contributed by atoms with van der Waals surface area (Å²) in [4.78, 5) is 10.6. The van der Waals surface area contributed by atoms with Crippen molar-refractivity contribution in [3.05, 3.63) is 31.9 Å². The van der Waals surface area contributed by atoms with E-state index < -0.39 is 0 Å². The molecule has 0 saturated heterocycles. The fourth-order valence-electron chi connectivity index (χ4n) is 1.72. The number of hydrogen-bond donors (Lipinski definition) is 1. The normalized spacial score (nSPS) is 12.5. The summed E-state index contributed by atoms with van der Waals surface area (Å²) in [5.41, 5.74) is 0.756. The third-order valence-electron chi connectivity index (χ3n) is 2.74. The minimum Gasteiger partial charge on any atom is -0.377 e. The van der Waals surface area contributed by atoms with Crippen LogP contribution in [0.2, 0.25) is 0 Å². The Hall–Kier alpha value is -0.850. The molecular weight excluding hydrogens is 331 g/mol. The Morgan fingerprint density at radius 1 is 1.47 bits per heavy atom. The number of nitrogens with one attached hydrogen (secondary N) is 1. The van der Waals surface area contributed by atoms with Gasteiger partial charge in [-0.25, -0.2) is 0 Å². The average Bonchev–Trinajstić information content (AvgIpc) is 2.26. The Bertz CT molecular complexity index is 407. The molecule has 94 valence electrons. The van der Waals surface area contributed by atoms with Gasteiger partial charge in [-0.2, -0.15) is 0 Å². The molecule has 0 bridgehead atoms. The van der Waals surface area contributed by atoms with Gasteiger partial charge < -0.3 is 5.32 Å². The van der Waals surface area contributed by atoms with Gasteiger partial charge in [-0.15, -0.1) is 0 Å². The summed E-state index contributed by atoms with van der Waals surface area (Å²) in [6, 6.07) is 5.51. The first-order valence-corrected chi connectivity index (χ1v) is 6.74. The lowest BCUT2D eigenvalue weighted by Crippen LogP contribution is -2.25. The molecule has 0 spiro atoms. The minimum atomic E-state index is -0.336. The molecule has 0 aliphatic rings. The van der Waals surface area contributed by atoms with E-state index in [1.807, 2.05) is 6.07 Å². The van der Waals surface area contributed by atoms with Crippen LogP contribution >= 0.6 is 22.6 Å². The standard InChI is InChI=1S/C12H17IN2O2/c1-4-10(8(2)3)14-11-6-5-9(13)7-12(11)15(16)17/h5-8,10,14H,4H2,1-3H3. The van der Waals surface area contributed by atoms with E-state index in [1.54, 1.807) is 12.1 Å². The summed E-state index contributed by atoms with van der Waals surface area (Å²) in [5, 5.41) is 14.2. The molecule has 1 rings (SSSR count). The van der Waals surface area contributed by atoms with Crippen LogP contribution in [0.4, 0.5) is 11.4 Å². The highest BCUT2D eigenvalue weighted by atomic mass is 127. The Kier molecular flexibility index (Phi) is 5.17. The molecule has 17 heavy (non-hydrogen) atoms. The van der Waals surface area contributed by atoms with Crippen molar-refractivity contribution in [3.8, 4) is 0 Å². The van der Waals surface area contributed by atoms with E-state index >= 15 is 0 Å². The minimum absolute atomic E-state index is 0.149. The predicted molar refractivity (Wildman–Crippen MR) is 78.4 cm³/mol. The van der Waals surface area contributed by atoms with Crippen LogP contribution in [0.1, 0.15) is 27.2 Å². The molecular formula is C12H17IN2O2. The van der Waals surface area contributed by atoms with Crippen LogP contribution < -0.4 is 5.32 Å². The van der Waals surface area contributed by atoms with Crippen LogP contribution in [0.25, 0.3) is 0 Å². The van der Waals surface area contributed by atoms with Gasteiger partial charge in [-0.05, 0) is 47.1 Å². The van der Waals surface area contributed by atoms with Crippen LogP contribution in [0.5, 0.6) is 0 Å². The van der Waals surface area contributed by atoms with E-state index in [0.29, 0.717) is 11.6 Å². The maximum absolute atomic E-state index is 11.0. The molecule has 0 saturated carbocycles. The summed E-state index contributed by atoms with van der Waals surface area (Å²) in [5.74, 6) is 0.443. The molecule has 0 radical (unpaired) electrons. The monoisotopic (exact) mass is 348 g/mol. The van der Waals surface area contributed by atoms with Crippen LogP contribution in [-0.2, 0) is 0 Å². The fraction of sp³-hybridized carbons (Fsp3) is 0.500. The molecule has 0 heterocycles. The third kappa shape index (κ3) is 3.83.